The molecule has 2 rings (SSSR count). The minimum absolute atomic E-state index is 0.0684. The number of hydrogen-bond acceptors (Lipinski definition) is 4. The minimum Gasteiger partial charge on any atom is -0.409 e. The molecule has 0 saturated carbocycles. The van der Waals surface area contributed by atoms with Crippen molar-refractivity contribution in [2.75, 3.05) is 6.54 Å². The van der Waals surface area contributed by atoms with Crippen LogP contribution in [-0.4, -0.2) is 28.5 Å². The van der Waals surface area contributed by atoms with Crippen molar-refractivity contribution in [1.29, 1.82) is 0 Å². The molecule has 0 spiro atoms. The van der Waals surface area contributed by atoms with Crippen molar-refractivity contribution in [2.24, 2.45) is 16.3 Å². The van der Waals surface area contributed by atoms with Crippen molar-refractivity contribution in [3.8, 4) is 0 Å². The van der Waals surface area contributed by atoms with Gasteiger partial charge in [-0.25, -0.2) is 0 Å². The van der Waals surface area contributed by atoms with E-state index in [2.05, 4.69) is 15.5 Å². The van der Waals surface area contributed by atoms with Gasteiger partial charge in [-0.3, -0.25) is 9.78 Å². The fraction of sp³-hybridized carbons (Fsp3) is 0.267. The monoisotopic (exact) mass is 286 g/mol. The van der Waals surface area contributed by atoms with Crippen molar-refractivity contribution < 1.29 is 10.0 Å². The molecule has 0 aliphatic heterocycles. The molecule has 4 N–H and O–H groups in total. The van der Waals surface area contributed by atoms with Gasteiger partial charge in [-0.1, -0.05) is 37.2 Å². The molecule has 0 radical (unpaired) electrons. The Bertz CT molecular complexity index is 690. The van der Waals surface area contributed by atoms with Crippen LogP contribution in [0.4, 0.5) is 0 Å². The Morgan fingerprint density at radius 2 is 2.10 bits per heavy atom. The molecule has 0 fully saturated rings. The topological polar surface area (TPSA) is 101 Å². The Morgan fingerprint density at radius 1 is 1.38 bits per heavy atom. The number of oxime groups is 1. The third-order valence-corrected chi connectivity index (χ3v) is 3.37. The standard InChI is InChI=1S/C15H18N4O2/c1-15(2,14(16)19-21)9-18-13(20)11-7-3-5-10-6-4-8-17-12(10)11/h3-8,21H,9H2,1-2H3,(H2,16,19)(H,18,20). The number of amides is 1. The number of carbonyl (C=O) groups excluding carboxylic acids is 1. The van der Waals surface area contributed by atoms with Crippen LogP contribution in [0.1, 0.15) is 24.2 Å². The van der Waals surface area contributed by atoms with E-state index in [0.717, 1.165) is 5.39 Å². The number of nitrogens with zero attached hydrogens (tertiary/aromatic N) is 2. The van der Waals surface area contributed by atoms with Crippen LogP contribution in [0.15, 0.2) is 41.7 Å². The molecule has 0 aliphatic carbocycles. The van der Waals surface area contributed by atoms with Gasteiger partial charge in [0.2, 0.25) is 0 Å². The van der Waals surface area contributed by atoms with E-state index in [9.17, 15) is 4.79 Å². The highest BCUT2D eigenvalue weighted by Gasteiger charge is 2.25. The first-order valence-electron chi connectivity index (χ1n) is 6.55. The lowest BCUT2D eigenvalue weighted by molar-refractivity contribution is 0.0946. The summed E-state index contributed by atoms with van der Waals surface area (Å²) in [5.74, 6) is -0.169. The first-order valence-corrected chi connectivity index (χ1v) is 6.55. The summed E-state index contributed by atoms with van der Waals surface area (Å²) in [5.41, 5.74) is 6.12. The van der Waals surface area contributed by atoms with Crippen LogP contribution >= 0.6 is 0 Å². The molecule has 0 saturated heterocycles. The molecular formula is C15H18N4O2. The number of carbonyl (C=O) groups is 1. The van der Waals surface area contributed by atoms with Crippen molar-refractivity contribution in [3.63, 3.8) is 0 Å². The molecule has 1 heterocycles. The van der Waals surface area contributed by atoms with Crippen molar-refractivity contribution in [1.82, 2.24) is 10.3 Å². The van der Waals surface area contributed by atoms with Crippen LogP contribution in [0.2, 0.25) is 0 Å². The van der Waals surface area contributed by atoms with Gasteiger partial charge in [-0.2, -0.15) is 0 Å². The highest BCUT2D eigenvalue weighted by Crippen LogP contribution is 2.17. The predicted octanol–water partition coefficient (Wildman–Crippen LogP) is 1.74. The number of nitrogens with one attached hydrogen (secondary N) is 1. The molecule has 0 atom stereocenters. The smallest absolute Gasteiger partial charge is 0.253 e. The highest BCUT2D eigenvalue weighted by atomic mass is 16.4. The Kier molecular flexibility index (Phi) is 4.07. The molecule has 0 aliphatic rings. The van der Waals surface area contributed by atoms with Gasteiger partial charge >= 0.3 is 0 Å². The number of hydrogen-bond donors (Lipinski definition) is 3. The van der Waals surface area contributed by atoms with Gasteiger partial charge < -0.3 is 16.3 Å². The minimum atomic E-state index is -0.636. The van der Waals surface area contributed by atoms with Gasteiger partial charge in [0.25, 0.3) is 5.91 Å². The largest absolute Gasteiger partial charge is 0.409 e. The molecule has 21 heavy (non-hydrogen) atoms. The van der Waals surface area contributed by atoms with Gasteiger partial charge in [-0.05, 0) is 12.1 Å². The van der Waals surface area contributed by atoms with Crippen molar-refractivity contribution >= 4 is 22.6 Å². The average Bonchev–Trinajstić information content (AvgIpc) is 2.51. The number of pyridine rings is 1. The molecule has 6 heteroatoms. The Labute approximate surface area is 122 Å². The predicted molar refractivity (Wildman–Crippen MR) is 81.3 cm³/mol. The van der Waals surface area contributed by atoms with Gasteiger partial charge in [0.1, 0.15) is 5.84 Å². The Hall–Kier alpha value is -2.63. The van der Waals surface area contributed by atoms with Crippen LogP contribution < -0.4 is 11.1 Å². The zero-order valence-corrected chi connectivity index (χ0v) is 12.0. The van der Waals surface area contributed by atoms with Gasteiger partial charge in [0.15, 0.2) is 0 Å². The second-order valence-corrected chi connectivity index (χ2v) is 5.43. The molecule has 6 nitrogen and oxygen atoms in total. The number of nitrogens with two attached hydrogens (primary N) is 1. The highest BCUT2D eigenvalue weighted by molar-refractivity contribution is 6.05. The van der Waals surface area contributed by atoms with E-state index in [-0.39, 0.29) is 18.3 Å². The summed E-state index contributed by atoms with van der Waals surface area (Å²) < 4.78 is 0. The van der Waals surface area contributed by atoms with E-state index >= 15 is 0 Å². The zero-order valence-electron chi connectivity index (χ0n) is 12.0. The number of aromatic nitrogens is 1. The van der Waals surface area contributed by atoms with Gasteiger partial charge in [0, 0.05) is 23.5 Å². The van der Waals surface area contributed by atoms with E-state index in [4.69, 9.17) is 10.9 Å². The number of rotatable bonds is 4. The average molecular weight is 286 g/mol. The lowest BCUT2D eigenvalue weighted by Gasteiger charge is -2.23. The van der Waals surface area contributed by atoms with E-state index in [1.165, 1.54) is 0 Å². The zero-order chi connectivity index (χ0) is 15.5. The van der Waals surface area contributed by atoms with Gasteiger partial charge in [-0.15, -0.1) is 0 Å². The summed E-state index contributed by atoms with van der Waals surface area (Å²) in [5, 5.41) is 15.4. The van der Waals surface area contributed by atoms with Crippen LogP contribution in [-0.2, 0) is 0 Å². The number of fused-ring (bicyclic) bond motifs is 1. The summed E-state index contributed by atoms with van der Waals surface area (Å²) >= 11 is 0. The molecule has 2 aromatic rings. The number of para-hydroxylation sites is 1. The molecule has 1 amide bonds. The van der Waals surface area contributed by atoms with E-state index < -0.39 is 5.41 Å². The molecule has 1 aromatic carbocycles. The maximum Gasteiger partial charge on any atom is 0.253 e. The molecule has 0 unspecified atom stereocenters. The number of benzene rings is 1. The van der Waals surface area contributed by atoms with E-state index in [1.807, 2.05) is 24.3 Å². The maximum atomic E-state index is 12.3. The molecule has 1 aromatic heterocycles. The third-order valence-electron chi connectivity index (χ3n) is 3.37. The SMILES string of the molecule is CC(C)(CNC(=O)c1cccc2cccnc12)/C(N)=N/O. The normalized spacial score (nSPS) is 12.4. The van der Waals surface area contributed by atoms with Crippen molar-refractivity contribution in [3.05, 3.63) is 42.1 Å². The van der Waals surface area contributed by atoms with Crippen LogP contribution in [0.5, 0.6) is 0 Å². The third kappa shape index (κ3) is 3.10. The number of amidine groups is 1. The lowest BCUT2D eigenvalue weighted by Crippen LogP contribution is -2.42. The summed E-state index contributed by atoms with van der Waals surface area (Å²) in [6.07, 6.45) is 1.65. The first-order chi connectivity index (χ1) is 9.95. The summed E-state index contributed by atoms with van der Waals surface area (Å²) in [6.45, 7) is 3.82. The molecular weight excluding hydrogens is 268 g/mol. The van der Waals surface area contributed by atoms with Crippen LogP contribution in [0.25, 0.3) is 10.9 Å². The maximum absolute atomic E-state index is 12.3. The van der Waals surface area contributed by atoms with E-state index in [0.29, 0.717) is 11.1 Å². The summed E-state index contributed by atoms with van der Waals surface area (Å²) in [6, 6.07) is 9.17. The second kappa shape index (κ2) is 5.78. The Balaban J connectivity index is 2.20. The summed E-state index contributed by atoms with van der Waals surface area (Å²) in [7, 11) is 0. The molecule has 0 bridgehead atoms. The summed E-state index contributed by atoms with van der Waals surface area (Å²) in [4.78, 5) is 16.6. The fourth-order valence-corrected chi connectivity index (χ4v) is 1.91. The van der Waals surface area contributed by atoms with Gasteiger partial charge in [0.05, 0.1) is 11.1 Å². The van der Waals surface area contributed by atoms with E-state index in [1.54, 1.807) is 26.1 Å². The fourth-order valence-electron chi connectivity index (χ4n) is 1.91. The van der Waals surface area contributed by atoms with Crippen LogP contribution in [0, 0.1) is 5.41 Å². The lowest BCUT2D eigenvalue weighted by atomic mass is 9.92. The molecule has 110 valence electrons. The van der Waals surface area contributed by atoms with Crippen molar-refractivity contribution in [2.45, 2.75) is 13.8 Å². The van der Waals surface area contributed by atoms with Crippen LogP contribution in [0.3, 0.4) is 0 Å². The first kappa shape index (κ1) is 14.8. The Morgan fingerprint density at radius 3 is 2.81 bits per heavy atom. The second-order valence-electron chi connectivity index (χ2n) is 5.43. The quantitative estimate of drug-likeness (QED) is 0.345.